The van der Waals surface area contributed by atoms with Crippen molar-refractivity contribution in [3.8, 4) is 11.5 Å². The van der Waals surface area contributed by atoms with E-state index in [2.05, 4.69) is 10.3 Å². The van der Waals surface area contributed by atoms with Gasteiger partial charge in [0.1, 0.15) is 0 Å². The average Bonchev–Trinajstić information content (AvgIpc) is 3.75. The van der Waals surface area contributed by atoms with E-state index in [4.69, 9.17) is 21.1 Å². The molecule has 4 aliphatic rings. The number of aliphatic carboxylic acids is 1. The Labute approximate surface area is 276 Å². The first-order chi connectivity index (χ1) is 22.1. The lowest BCUT2D eigenvalue weighted by molar-refractivity contribution is -0.142. The Bertz CT molecular complexity index is 1790. The zero-order valence-electron chi connectivity index (χ0n) is 24.6. The van der Waals surface area contributed by atoms with E-state index >= 15 is 0 Å². The molecule has 7 rings (SSSR count). The summed E-state index contributed by atoms with van der Waals surface area (Å²) in [4.78, 5) is 68.3. The first-order valence-corrected chi connectivity index (χ1v) is 17.1. The lowest BCUT2D eigenvalue weighted by Crippen LogP contribution is -2.42. The third kappa shape index (κ3) is 5.27. The minimum absolute atomic E-state index is 0.00629. The summed E-state index contributed by atoms with van der Waals surface area (Å²) in [6, 6.07) is 12.3. The summed E-state index contributed by atoms with van der Waals surface area (Å²) in [6.45, 7) is 1.83. The predicted molar refractivity (Wildman–Crippen MR) is 171 cm³/mol. The van der Waals surface area contributed by atoms with Gasteiger partial charge in [-0.3, -0.25) is 28.9 Å². The molecule has 46 heavy (non-hydrogen) atoms. The lowest BCUT2D eigenvalue weighted by atomic mass is 9.68. The number of carbonyl (C=O) groups is 4. The number of nitrogens with zero attached hydrogens (tertiary/aromatic N) is 1. The van der Waals surface area contributed by atoms with Gasteiger partial charge in [0.25, 0.3) is 5.91 Å². The number of thiazole rings is 1. The van der Waals surface area contributed by atoms with Gasteiger partial charge >= 0.3 is 10.8 Å². The molecule has 14 heteroatoms. The third-order valence-electron chi connectivity index (χ3n) is 9.48. The van der Waals surface area contributed by atoms with Gasteiger partial charge in [-0.25, -0.2) is 0 Å². The summed E-state index contributed by atoms with van der Waals surface area (Å²) in [5, 5.41) is 13.3. The monoisotopic (exact) mass is 683 g/mol. The zero-order chi connectivity index (χ0) is 32.3. The van der Waals surface area contributed by atoms with Crippen molar-refractivity contribution in [2.24, 2.45) is 29.6 Å². The second-order valence-electron chi connectivity index (χ2n) is 11.9. The molecule has 0 radical (unpaired) electrons. The fraction of sp³-hybridized carbons (Fsp3) is 0.406. The Balaban J connectivity index is 1.17. The largest absolute Gasteiger partial charge is 0.490 e. The molecule has 0 spiro atoms. The number of nitrogens with one attached hydrogen (secondary N) is 2. The van der Waals surface area contributed by atoms with E-state index in [-0.39, 0.29) is 71.1 Å². The van der Waals surface area contributed by atoms with Gasteiger partial charge in [-0.1, -0.05) is 29.0 Å². The van der Waals surface area contributed by atoms with Crippen molar-refractivity contribution in [2.45, 2.75) is 36.0 Å². The van der Waals surface area contributed by atoms with Crippen LogP contribution in [0.1, 0.15) is 36.1 Å². The quantitative estimate of drug-likeness (QED) is 0.263. The van der Waals surface area contributed by atoms with E-state index in [1.807, 2.05) is 19.1 Å². The smallest absolute Gasteiger partial charge is 0.305 e. The number of carbonyl (C=O) groups excluding carboxylic acids is 3. The number of H-pyrrole nitrogens is 1. The number of carboxylic acid groups (broad SMARTS) is 1. The molecular formula is C32H30ClN3O8S2. The van der Waals surface area contributed by atoms with Crippen LogP contribution in [-0.4, -0.2) is 63.7 Å². The minimum Gasteiger partial charge on any atom is -0.490 e. The summed E-state index contributed by atoms with van der Waals surface area (Å²) in [5.41, 5.74) is 1.47. The first-order valence-electron chi connectivity index (χ1n) is 15.1. The van der Waals surface area contributed by atoms with Crippen LogP contribution in [0.15, 0.2) is 52.3 Å². The van der Waals surface area contributed by atoms with Crippen LogP contribution in [0.5, 0.6) is 11.5 Å². The van der Waals surface area contributed by atoms with E-state index in [1.165, 1.54) is 0 Å². The number of halogens is 1. The van der Waals surface area contributed by atoms with Gasteiger partial charge in [0.15, 0.2) is 18.1 Å². The molecule has 2 aliphatic heterocycles. The van der Waals surface area contributed by atoms with E-state index in [0.717, 1.165) is 38.1 Å². The van der Waals surface area contributed by atoms with Crippen LogP contribution in [-0.2, 0) is 19.2 Å². The molecule has 3 aromatic rings. The Morgan fingerprint density at radius 2 is 1.78 bits per heavy atom. The summed E-state index contributed by atoms with van der Waals surface area (Å²) < 4.78 is 11.8. The van der Waals surface area contributed by atoms with E-state index in [9.17, 15) is 29.1 Å². The standard InChI is InChI=1S/C32H30ClN3O8S2/c1-2-43-20-11-14(3-8-19(20)44-13-21(37)34-16-6-4-15(33)5-7-16)23-24-17-12-18(27(24)45-29-28(23)46-32(42)35-29)26-25(17)30(40)36(31(26)41)10-9-22(38)39/h3-8,11,17-18,23-27H,2,9-10,12-13H2,1H3,(H,34,37)(H,35,42)(H,38,39)/t17?,18?,23-,24?,25?,26?,27?/m1/s1. The van der Waals surface area contributed by atoms with Crippen molar-refractivity contribution in [3.63, 3.8) is 0 Å². The highest BCUT2D eigenvalue weighted by Gasteiger charge is 2.69. The number of rotatable bonds is 10. The van der Waals surface area contributed by atoms with Gasteiger partial charge < -0.3 is 24.9 Å². The summed E-state index contributed by atoms with van der Waals surface area (Å²) in [5.74, 6) is -2.53. The summed E-state index contributed by atoms with van der Waals surface area (Å²) in [6.07, 6.45) is 0.437. The number of benzene rings is 2. The van der Waals surface area contributed by atoms with Crippen molar-refractivity contribution < 1.29 is 33.8 Å². The molecule has 2 aliphatic carbocycles. The fourth-order valence-corrected chi connectivity index (χ4v) is 10.9. The topological polar surface area (TPSA) is 155 Å². The van der Waals surface area contributed by atoms with Crippen LogP contribution in [0.3, 0.4) is 0 Å². The molecule has 1 aromatic heterocycles. The Morgan fingerprint density at radius 3 is 2.50 bits per heavy atom. The number of aromatic amines is 1. The molecule has 7 atom stereocenters. The second kappa shape index (κ2) is 12.1. The van der Waals surface area contributed by atoms with Crippen LogP contribution in [0, 0.1) is 29.6 Å². The summed E-state index contributed by atoms with van der Waals surface area (Å²) in [7, 11) is 0. The number of thioether (sulfide) groups is 1. The predicted octanol–water partition coefficient (Wildman–Crippen LogP) is 4.45. The molecule has 2 saturated carbocycles. The van der Waals surface area contributed by atoms with Gasteiger partial charge in [0, 0.05) is 33.3 Å². The summed E-state index contributed by atoms with van der Waals surface area (Å²) >= 11 is 8.67. The van der Waals surface area contributed by atoms with Crippen molar-refractivity contribution in [1.82, 2.24) is 9.88 Å². The maximum Gasteiger partial charge on any atom is 0.305 e. The number of likely N-dealkylation sites (tertiary alicyclic amines) is 1. The van der Waals surface area contributed by atoms with Gasteiger partial charge in [-0.2, -0.15) is 0 Å². The van der Waals surface area contributed by atoms with Gasteiger partial charge in [0.05, 0.1) is 29.9 Å². The number of carboxylic acids is 1. The van der Waals surface area contributed by atoms with Crippen LogP contribution in [0.25, 0.3) is 0 Å². The highest BCUT2D eigenvalue weighted by molar-refractivity contribution is 8.00. The van der Waals surface area contributed by atoms with Crippen molar-refractivity contribution >= 4 is 64.1 Å². The van der Waals surface area contributed by atoms with E-state index in [0.29, 0.717) is 28.8 Å². The molecular weight excluding hydrogens is 654 g/mol. The minimum atomic E-state index is -1.06. The molecule has 1 saturated heterocycles. The van der Waals surface area contributed by atoms with Crippen LogP contribution >= 0.6 is 34.7 Å². The second-order valence-corrected chi connectivity index (χ2v) is 14.6. The number of imide groups is 1. The molecule has 11 nitrogen and oxygen atoms in total. The highest BCUT2D eigenvalue weighted by Crippen LogP contribution is 2.68. The Morgan fingerprint density at radius 1 is 1.04 bits per heavy atom. The van der Waals surface area contributed by atoms with Gasteiger partial charge in [-0.15, -0.1) is 11.8 Å². The maximum absolute atomic E-state index is 13.6. The molecule has 240 valence electrons. The lowest BCUT2D eigenvalue weighted by Gasteiger charge is -2.43. The van der Waals surface area contributed by atoms with Crippen LogP contribution < -0.4 is 19.7 Å². The van der Waals surface area contributed by atoms with Gasteiger partial charge in [0.2, 0.25) is 11.8 Å². The van der Waals surface area contributed by atoms with Crippen molar-refractivity contribution in [1.29, 1.82) is 0 Å². The average molecular weight is 684 g/mol. The number of hydrogen-bond acceptors (Lipinski definition) is 9. The molecule has 2 bridgehead atoms. The Kier molecular flexibility index (Phi) is 8.10. The molecule has 3 N–H and O–H groups in total. The third-order valence-corrected chi connectivity index (χ3v) is 12.3. The van der Waals surface area contributed by atoms with Crippen LogP contribution in [0.2, 0.25) is 5.02 Å². The molecule has 3 fully saturated rings. The van der Waals surface area contributed by atoms with Crippen molar-refractivity contribution in [3.05, 3.63) is 67.6 Å². The molecule has 3 amide bonds. The number of fused-ring (bicyclic) bond motifs is 9. The number of hydrogen-bond donors (Lipinski definition) is 3. The zero-order valence-corrected chi connectivity index (χ0v) is 27.0. The number of ether oxygens (including phenoxy) is 2. The van der Waals surface area contributed by atoms with Gasteiger partial charge in [-0.05, 0) is 73.1 Å². The molecule has 2 aromatic carbocycles. The maximum atomic E-state index is 13.6. The first kappa shape index (κ1) is 30.8. The molecule has 3 heterocycles. The normalized spacial score (nSPS) is 27.3. The van der Waals surface area contributed by atoms with Crippen molar-refractivity contribution in [2.75, 3.05) is 25.1 Å². The number of anilines is 1. The Hall–Kier alpha value is -3.81. The highest BCUT2D eigenvalue weighted by atomic mass is 35.5. The number of aromatic nitrogens is 1. The number of amides is 3. The van der Waals surface area contributed by atoms with E-state index < -0.39 is 17.8 Å². The van der Waals surface area contributed by atoms with Crippen LogP contribution in [0.4, 0.5) is 5.69 Å². The fourth-order valence-electron chi connectivity index (χ4n) is 7.86. The van der Waals surface area contributed by atoms with E-state index in [1.54, 1.807) is 42.1 Å². The molecule has 6 unspecified atom stereocenters. The SMILES string of the molecule is CCOc1cc([C@H]2c3sc(=O)[nH]c3SC3C4CC(C5C(=O)N(CCC(=O)O)C(=O)C45)C32)ccc1OCC(=O)Nc1ccc(Cl)cc1.